The summed E-state index contributed by atoms with van der Waals surface area (Å²) in [6, 6.07) is 7.74. The van der Waals surface area contributed by atoms with E-state index in [1.165, 1.54) is 0 Å². The predicted molar refractivity (Wildman–Crippen MR) is 80.1 cm³/mol. The summed E-state index contributed by atoms with van der Waals surface area (Å²) in [5.74, 6) is 0.932. The van der Waals surface area contributed by atoms with Crippen LogP contribution in [0.3, 0.4) is 0 Å². The van der Waals surface area contributed by atoms with Crippen molar-refractivity contribution >= 4 is 11.8 Å². The maximum atomic E-state index is 11.9. The van der Waals surface area contributed by atoms with E-state index >= 15 is 0 Å². The second kappa shape index (κ2) is 7.11. The van der Waals surface area contributed by atoms with E-state index in [0.717, 1.165) is 11.3 Å². The highest BCUT2D eigenvalue weighted by atomic mass is 16.5. The van der Waals surface area contributed by atoms with Crippen molar-refractivity contribution in [1.82, 2.24) is 10.2 Å². The monoisotopic (exact) mass is 290 g/mol. The van der Waals surface area contributed by atoms with Gasteiger partial charge >= 0.3 is 0 Å². The molecule has 0 unspecified atom stereocenters. The van der Waals surface area contributed by atoms with Crippen molar-refractivity contribution in [1.29, 1.82) is 0 Å². The van der Waals surface area contributed by atoms with Gasteiger partial charge in [0.25, 0.3) is 0 Å². The molecule has 1 atom stereocenters. The molecule has 0 aromatic heterocycles. The molecule has 1 fully saturated rings. The van der Waals surface area contributed by atoms with Gasteiger partial charge in [-0.05, 0) is 31.0 Å². The van der Waals surface area contributed by atoms with Crippen molar-refractivity contribution in [2.75, 3.05) is 20.2 Å². The first-order valence-electron chi connectivity index (χ1n) is 7.33. The van der Waals surface area contributed by atoms with Gasteiger partial charge in [0.15, 0.2) is 0 Å². The molecule has 1 N–H and O–H groups in total. The lowest BCUT2D eigenvalue weighted by Gasteiger charge is -2.12. The minimum absolute atomic E-state index is 0.00279. The zero-order valence-electron chi connectivity index (χ0n) is 12.6. The number of rotatable bonds is 6. The number of benzene rings is 1. The van der Waals surface area contributed by atoms with Gasteiger partial charge in [-0.3, -0.25) is 9.59 Å². The number of aryl methyl sites for hydroxylation is 1. The molecule has 0 saturated carbocycles. The summed E-state index contributed by atoms with van der Waals surface area (Å²) in [6.45, 7) is 3.20. The first-order valence-corrected chi connectivity index (χ1v) is 7.33. The van der Waals surface area contributed by atoms with Gasteiger partial charge in [0, 0.05) is 26.4 Å². The minimum atomic E-state index is -0.0460. The normalized spacial score (nSPS) is 17.9. The summed E-state index contributed by atoms with van der Waals surface area (Å²) < 4.78 is 5.38. The smallest absolute Gasteiger partial charge is 0.224 e. The van der Waals surface area contributed by atoms with Crippen LogP contribution in [-0.4, -0.2) is 43.0 Å². The van der Waals surface area contributed by atoms with Gasteiger partial charge in [0.2, 0.25) is 11.8 Å². The maximum Gasteiger partial charge on any atom is 0.224 e. The summed E-state index contributed by atoms with van der Waals surface area (Å²) >= 11 is 0. The highest BCUT2D eigenvalue weighted by Gasteiger charge is 2.27. The van der Waals surface area contributed by atoms with E-state index in [0.29, 0.717) is 32.4 Å². The topological polar surface area (TPSA) is 58.6 Å². The van der Waals surface area contributed by atoms with Gasteiger partial charge in [0.05, 0.1) is 12.6 Å². The third kappa shape index (κ3) is 4.48. The van der Waals surface area contributed by atoms with Crippen LogP contribution in [0, 0.1) is 0 Å². The lowest BCUT2D eigenvalue weighted by molar-refractivity contribution is -0.126. The molecule has 21 heavy (non-hydrogen) atoms. The van der Waals surface area contributed by atoms with E-state index in [1.807, 2.05) is 31.2 Å². The van der Waals surface area contributed by atoms with E-state index < -0.39 is 0 Å². The minimum Gasteiger partial charge on any atom is -0.494 e. The number of nitrogens with one attached hydrogen (secondary N) is 1. The van der Waals surface area contributed by atoms with Crippen molar-refractivity contribution in [2.24, 2.45) is 0 Å². The molecule has 2 rings (SSSR count). The summed E-state index contributed by atoms with van der Waals surface area (Å²) in [4.78, 5) is 24.9. The largest absolute Gasteiger partial charge is 0.494 e. The molecule has 2 amide bonds. The van der Waals surface area contributed by atoms with Gasteiger partial charge in [-0.2, -0.15) is 0 Å². The van der Waals surface area contributed by atoms with Crippen LogP contribution in [0.1, 0.15) is 25.3 Å². The van der Waals surface area contributed by atoms with Crippen molar-refractivity contribution in [2.45, 2.75) is 32.2 Å². The van der Waals surface area contributed by atoms with Gasteiger partial charge in [-0.15, -0.1) is 0 Å². The Balaban J connectivity index is 1.75. The van der Waals surface area contributed by atoms with Gasteiger partial charge in [0.1, 0.15) is 5.75 Å². The quantitative estimate of drug-likeness (QED) is 0.860. The zero-order chi connectivity index (χ0) is 15.2. The molecular formula is C16H22N2O3. The molecule has 114 valence electrons. The van der Waals surface area contributed by atoms with E-state index in [4.69, 9.17) is 4.74 Å². The molecule has 1 aromatic carbocycles. The van der Waals surface area contributed by atoms with Crippen LogP contribution in [0.25, 0.3) is 0 Å². The molecule has 1 aliphatic heterocycles. The van der Waals surface area contributed by atoms with Crippen LogP contribution in [-0.2, 0) is 16.0 Å². The average molecular weight is 290 g/mol. The maximum absolute atomic E-state index is 11.9. The van der Waals surface area contributed by atoms with Crippen molar-refractivity contribution < 1.29 is 14.3 Å². The summed E-state index contributed by atoms with van der Waals surface area (Å²) in [5.41, 5.74) is 1.10. The number of nitrogens with zero attached hydrogens (tertiary/aromatic N) is 1. The van der Waals surface area contributed by atoms with Crippen molar-refractivity contribution in [3.05, 3.63) is 29.8 Å². The Morgan fingerprint density at radius 2 is 2.10 bits per heavy atom. The number of carbonyl (C=O) groups is 2. The lowest BCUT2D eigenvalue weighted by Crippen LogP contribution is -2.36. The number of likely N-dealkylation sites (N-methyl/N-ethyl adjacent to an activating group) is 1. The molecule has 0 spiro atoms. The molecule has 5 heteroatoms. The van der Waals surface area contributed by atoms with Gasteiger partial charge in [-0.1, -0.05) is 12.1 Å². The fourth-order valence-electron chi connectivity index (χ4n) is 2.44. The Morgan fingerprint density at radius 1 is 1.38 bits per heavy atom. The zero-order valence-corrected chi connectivity index (χ0v) is 12.6. The first-order chi connectivity index (χ1) is 10.1. The summed E-state index contributed by atoms with van der Waals surface area (Å²) in [7, 11) is 1.76. The second-order valence-corrected chi connectivity index (χ2v) is 5.32. The van der Waals surface area contributed by atoms with E-state index in [-0.39, 0.29) is 17.9 Å². The summed E-state index contributed by atoms with van der Waals surface area (Å²) in [5, 5.41) is 2.92. The Kier molecular flexibility index (Phi) is 5.20. The molecule has 1 aromatic rings. The molecule has 1 heterocycles. The molecule has 1 aliphatic rings. The highest BCUT2D eigenvalue weighted by Crippen LogP contribution is 2.13. The van der Waals surface area contributed by atoms with Gasteiger partial charge in [-0.25, -0.2) is 0 Å². The number of hydrogen-bond acceptors (Lipinski definition) is 3. The third-order valence-corrected chi connectivity index (χ3v) is 3.58. The van der Waals surface area contributed by atoms with Crippen molar-refractivity contribution in [3.63, 3.8) is 0 Å². The van der Waals surface area contributed by atoms with E-state index in [1.54, 1.807) is 11.9 Å². The Morgan fingerprint density at radius 3 is 2.67 bits per heavy atom. The number of amides is 2. The fraction of sp³-hybridized carbons (Fsp3) is 0.500. The van der Waals surface area contributed by atoms with E-state index in [9.17, 15) is 9.59 Å². The standard InChI is InChI=1S/C16H22N2O3/c1-3-21-14-7-4-12(5-8-14)6-9-15(19)17-13-10-16(20)18(2)11-13/h4-5,7-8,13H,3,6,9-11H2,1-2H3,(H,17,19)/t13-/m1/s1. The lowest BCUT2D eigenvalue weighted by atomic mass is 10.1. The molecule has 0 aliphatic carbocycles. The Bertz CT molecular complexity index is 499. The number of ether oxygens (including phenoxy) is 1. The number of likely N-dealkylation sites (tertiary alicyclic amines) is 1. The number of carbonyl (C=O) groups excluding carboxylic acids is 2. The van der Waals surface area contributed by atoms with Crippen LogP contribution >= 0.6 is 0 Å². The van der Waals surface area contributed by atoms with Crippen LogP contribution < -0.4 is 10.1 Å². The van der Waals surface area contributed by atoms with Crippen molar-refractivity contribution in [3.8, 4) is 5.75 Å². The van der Waals surface area contributed by atoms with Crippen LogP contribution in [0.15, 0.2) is 24.3 Å². The van der Waals surface area contributed by atoms with Crippen LogP contribution in [0.2, 0.25) is 0 Å². The van der Waals surface area contributed by atoms with Crippen LogP contribution in [0.5, 0.6) is 5.75 Å². The number of hydrogen-bond donors (Lipinski definition) is 1. The Hall–Kier alpha value is -2.04. The molecule has 0 bridgehead atoms. The summed E-state index contributed by atoms with van der Waals surface area (Å²) in [6.07, 6.45) is 1.53. The van der Waals surface area contributed by atoms with Crippen LogP contribution in [0.4, 0.5) is 0 Å². The molecule has 1 saturated heterocycles. The second-order valence-electron chi connectivity index (χ2n) is 5.32. The first kappa shape index (κ1) is 15.4. The molecule has 5 nitrogen and oxygen atoms in total. The molecule has 0 radical (unpaired) electrons. The van der Waals surface area contributed by atoms with Gasteiger partial charge < -0.3 is 15.0 Å². The SMILES string of the molecule is CCOc1ccc(CCC(=O)N[C@@H]2CC(=O)N(C)C2)cc1. The molecular weight excluding hydrogens is 268 g/mol. The van der Waals surface area contributed by atoms with E-state index in [2.05, 4.69) is 5.32 Å². The average Bonchev–Trinajstić information content (AvgIpc) is 2.77. The fourth-order valence-corrected chi connectivity index (χ4v) is 2.44. The highest BCUT2D eigenvalue weighted by molar-refractivity contribution is 5.82. The third-order valence-electron chi connectivity index (χ3n) is 3.58. The predicted octanol–water partition coefficient (Wildman–Crippen LogP) is 1.36. The Labute approximate surface area is 125 Å².